The van der Waals surface area contributed by atoms with Gasteiger partial charge in [-0.05, 0) is 59.3 Å². The van der Waals surface area contributed by atoms with Crippen LogP contribution >= 0.6 is 22.9 Å². The van der Waals surface area contributed by atoms with Crippen LogP contribution in [0.2, 0.25) is 5.02 Å². The predicted molar refractivity (Wildman–Crippen MR) is 97.9 cm³/mol. The Morgan fingerprint density at radius 1 is 1.27 bits per heavy atom. The zero-order valence-electron chi connectivity index (χ0n) is 14.1. The second-order valence-electron chi connectivity index (χ2n) is 6.27. The molecule has 1 aliphatic heterocycles. The van der Waals surface area contributed by atoms with Crippen molar-refractivity contribution in [2.45, 2.75) is 32.0 Å². The second-order valence-corrected chi connectivity index (χ2v) is 7.46. The molecule has 140 valence electrons. The van der Waals surface area contributed by atoms with E-state index in [4.69, 9.17) is 11.6 Å². The van der Waals surface area contributed by atoms with Crippen molar-refractivity contribution in [1.82, 2.24) is 4.90 Å². The van der Waals surface area contributed by atoms with E-state index in [-0.39, 0.29) is 19.1 Å². The highest BCUT2D eigenvalue weighted by Gasteiger charge is 2.42. The Kier molecular flexibility index (Phi) is 5.48. The number of fused-ring (bicyclic) bond motifs is 1. The lowest BCUT2D eigenvalue weighted by Gasteiger charge is -2.22. The topological polar surface area (TPSA) is 32.3 Å². The number of hydrogen-bond donors (Lipinski definition) is 1. The molecule has 1 atom stereocenters. The molecule has 0 radical (unpaired) electrons. The fourth-order valence-electron chi connectivity index (χ4n) is 3.16. The molecule has 1 N–H and O–H groups in total. The van der Waals surface area contributed by atoms with E-state index in [2.05, 4.69) is 5.32 Å². The number of rotatable bonds is 3. The van der Waals surface area contributed by atoms with Crippen molar-refractivity contribution in [2.75, 3.05) is 18.4 Å². The average Bonchev–Trinajstić information content (AvgIpc) is 3.03. The van der Waals surface area contributed by atoms with Crippen molar-refractivity contribution in [3.8, 4) is 0 Å². The van der Waals surface area contributed by atoms with E-state index in [0.717, 1.165) is 27.3 Å². The maximum atomic E-state index is 12.7. The van der Waals surface area contributed by atoms with Crippen molar-refractivity contribution in [2.24, 2.45) is 0 Å². The first-order chi connectivity index (χ1) is 12.3. The molecule has 3 nitrogen and oxygen atoms in total. The molecular formula is C18H18ClF3N2OS. The van der Waals surface area contributed by atoms with Crippen molar-refractivity contribution >= 4 is 34.5 Å². The summed E-state index contributed by atoms with van der Waals surface area (Å²) in [5.41, 5.74) is 3.67. The lowest BCUT2D eigenvalue weighted by Crippen LogP contribution is -2.42. The Morgan fingerprint density at radius 2 is 2.00 bits per heavy atom. The van der Waals surface area contributed by atoms with E-state index >= 15 is 0 Å². The molecule has 2 aromatic rings. The van der Waals surface area contributed by atoms with Crippen LogP contribution in [0.4, 0.5) is 18.9 Å². The molecule has 0 saturated carbocycles. The average molecular weight is 403 g/mol. The van der Waals surface area contributed by atoms with Crippen LogP contribution in [0.3, 0.4) is 0 Å². The third kappa shape index (κ3) is 3.99. The first-order valence-corrected chi connectivity index (χ1v) is 9.54. The van der Waals surface area contributed by atoms with Gasteiger partial charge in [-0.15, -0.1) is 0 Å². The molecule has 1 unspecified atom stereocenters. The summed E-state index contributed by atoms with van der Waals surface area (Å²) in [6.45, 7) is 2.08. The number of hydrogen-bond acceptors (Lipinski definition) is 3. The quantitative estimate of drug-likeness (QED) is 0.777. The number of nitrogens with zero attached hydrogens (tertiary/aromatic N) is 1. The summed E-state index contributed by atoms with van der Waals surface area (Å²) < 4.78 is 38.2. The summed E-state index contributed by atoms with van der Waals surface area (Å²) in [7, 11) is 0. The summed E-state index contributed by atoms with van der Waals surface area (Å²) in [4.78, 5) is 12.4. The van der Waals surface area contributed by atoms with Crippen molar-refractivity contribution in [1.29, 1.82) is 0 Å². The maximum Gasteiger partial charge on any atom is 0.471 e. The number of amides is 1. The zero-order valence-corrected chi connectivity index (χ0v) is 15.6. The standard InChI is InChI=1S/C18H18ClF3N2OS/c1-11(13-6-9-26-10-13)23-16-14-5-8-24(17(25)18(20,21)22)7-4-12(14)2-3-15(16)19/h2-3,6,9-11,23H,4-5,7-8H2,1H3. The molecule has 1 aliphatic rings. The summed E-state index contributed by atoms with van der Waals surface area (Å²) in [6.07, 6.45) is -4.14. The fraction of sp³-hybridized carbons (Fsp3) is 0.389. The molecule has 1 aromatic heterocycles. The number of alkyl halides is 3. The number of halogens is 4. The summed E-state index contributed by atoms with van der Waals surface area (Å²) in [5.74, 6) is -1.78. The van der Waals surface area contributed by atoms with Crippen LogP contribution in [0.5, 0.6) is 0 Å². The van der Waals surface area contributed by atoms with Crippen LogP contribution in [-0.4, -0.2) is 30.1 Å². The number of benzene rings is 1. The smallest absolute Gasteiger partial charge is 0.377 e. The molecular weight excluding hydrogens is 385 g/mol. The molecule has 0 saturated heterocycles. The Bertz CT molecular complexity index is 792. The van der Waals surface area contributed by atoms with Gasteiger partial charge in [0.05, 0.1) is 10.7 Å². The Hall–Kier alpha value is -1.73. The van der Waals surface area contributed by atoms with E-state index in [9.17, 15) is 18.0 Å². The van der Waals surface area contributed by atoms with E-state index in [1.165, 1.54) is 0 Å². The monoisotopic (exact) mass is 402 g/mol. The highest BCUT2D eigenvalue weighted by atomic mass is 35.5. The van der Waals surface area contributed by atoms with Crippen molar-refractivity contribution < 1.29 is 18.0 Å². The molecule has 0 spiro atoms. The predicted octanol–water partition coefficient (Wildman–Crippen LogP) is 5.06. The summed E-state index contributed by atoms with van der Waals surface area (Å²) in [6, 6.07) is 5.62. The van der Waals surface area contributed by atoms with Crippen LogP contribution in [0, 0.1) is 0 Å². The van der Waals surface area contributed by atoms with Crippen molar-refractivity contribution in [3.63, 3.8) is 0 Å². The van der Waals surface area contributed by atoms with Gasteiger partial charge in [-0.25, -0.2) is 0 Å². The van der Waals surface area contributed by atoms with Gasteiger partial charge in [-0.1, -0.05) is 17.7 Å². The van der Waals surface area contributed by atoms with Crippen LogP contribution in [-0.2, 0) is 17.6 Å². The maximum absolute atomic E-state index is 12.7. The van der Waals surface area contributed by atoms with E-state index < -0.39 is 12.1 Å². The van der Waals surface area contributed by atoms with Gasteiger partial charge in [-0.3, -0.25) is 4.79 Å². The van der Waals surface area contributed by atoms with E-state index in [1.54, 1.807) is 17.4 Å². The minimum atomic E-state index is -4.84. The Balaban J connectivity index is 1.84. The number of carbonyl (C=O) groups is 1. The number of nitrogens with one attached hydrogen (secondary N) is 1. The van der Waals surface area contributed by atoms with E-state index in [0.29, 0.717) is 17.9 Å². The van der Waals surface area contributed by atoms with Crippen molar-refractivity contribution in [3.05, 3.63) is 50.7 Å². The second kappa shape index (κ2) is 7.48. The molecule has 0 fully saturated rings. The van der Waals surface area contributed by atoms with Crippen LogP contribution in [0.25, 0.3) is 0 Å². The SMILES string of the molecule is CC(Nc1c(Cl)ccc2c1CCN(C(=O)C(F)(F)F)CC2)c1ccsc1. The van der Waals surface area contributed by atoms with Gasteiger partial charge in [-0.2, -0.15) is 24.5 Å². The minimum absolute atomic E-state index is 0.0152. The molecule has 8 heteroatoms. The number of carbonyl (C=O) groups excluding carboxylic acids is 1. The molecule has 0 aliphatic carbocycles. The molecule has 0 bridgehead atoms. The van der Waals surface area contributed by atoms with Gasteiger partial charge in [0.2, 0.25) is 0 Å². The molecule has 2 heterocycles. The fourth-order valence-corrected chi connectivity index (χ4v) is 4.14. The normalized spacial score (nSPS) is 16.0. The minimum Gasteiger partial charge on any atom is -0.377 e. The van der Waals surface area contributed by atoms with Gasteiger partial charge < -0.3 is 10.2 Å². The Morgan fingerprint density at radius 3 is 2.65 bits per heavy atom. The van der Waals surface area contributed by atoms with E-state index in [1.807, 2.05) is 29.8 Å². The molecule has 3 rings (SSSR count). The van der Waals surface area contributed by atoms with Gasteiger partial charge in [0.25, 0.3) is 0 Å². The van der Waals surface area contributed by atoms with Gasteiger partial charge >= 0.3 is 12.1 Å². The lowest BCUT2D eigenvalue weighted by molar-refractivity contribution is -0.185. The van der Waals surface area contributed by atoms with Crippen LogP contribution in [0.15, 0.2) is 29.0 Å². The Labute approximate surface area is 158 Å². The number of anilines is 1. The largest absolute Gasteiger partial charge is 0.471 e. The van der Waals surface area contributed by atoms with Gasteiger partial charge in [0.15, 0.2) is 0 Å². The molecule has 1 aromatic carbocycles. The summed E-state index contributed by atoms with van der Waals surface area (Å²) in [5, 5.41) is 7.95. The molecule has 26 heavy (non-hydrogen) atoms. The highest BCUT2D eigenvalue weighted by Crippen LogP contribution is 2.35. The van der Waals surface area contributed by atoms with Crippen LogP contribution < -0.4 is 5.32 Å². The highest BCUT2D eigenvalue weighted by molar-refractivity contribution is 7.08. The van der Waals surface area contributed by atoms with Gasteiger partial charge in [0.1, 0.15) is 0 Å². The zero-order chi connectivity index (χ0) is 18.9. The van der Waals surface area contributed by atoms with Gasteiger partial charge in [0, 0.05) is 19.1 Å². The third-order valence-corrected chi connectivity index (χ3v) is 5.59. The summed E-state index contributed by atoms with van der Waals surface area (Å²) >= 11 is 7.97. The van der Waals surface area contributed by atoms with Crippen LogP contribution in [0.1, 0.15) is 29.7 Å². The number of thiophene rings is 1. The first-order valence-electron chi connectivity index (χ1n) is 8.22. The molecule has 1 amide bonds. The third-order valence-electron chi connectivity index (χ3n) is 4.58. The lowest BCUT2D eigenvalue weighted by atomic mass is 10.00. The first kappa shape index (κ1) is 19.0.